The minimum atomic E-state index is -6.93. The summed E-state index contributed by atoms with van der Waals surface area (Å²) in [6, 6.07) is 0. The first-order valence-electron chi connectivity index (χ1n) is 8.67. The van der Waals surface area contributed by atoms with Crippen LogP contribution in [0.1, 0.15) is 58.3 Å². The molecule has 0 aromatic carbocycles. The number of halogens is 9. The molecule has 0 heterocycles. The number of unbranched alkanes of at least 4 members (excludes halogenated alkanes) is 5. The van der Waals surface area contributed by atoms with E-state index in [2.05, 4.69) is 4.74 Å². The van der Waals surface area contributed by atoms with Gasteiger partial charge in [0.05, 0.1) is 13.0 Å². The number of rotatable bonds is 13. The Bertz CT molecular complexity index is 499. The monoisotopic (exact) mass is 430 g/mol. The minimum absolute atomic E-state index is 0.199. The first-order chi connectivity index (χ1) is 12.7. The van der Waals surface area contributed by atoms with Crippen molar-refractivity contribution in [2.75, 3.05) is 6.61 Å². The summed E-state index contributed by atoms with van der Waals surface area (Å²) in [7, 11) is 0. The number of carbonyl (C=O) groups excluding carboxylic acids is 1. The first-order valence-corrected chi connectivity index (χ1v) is 8.67. The van der Waals surface area contributed by atoms with Gasteiger partial charge in [0.1, 0.15) is 0 Å². The molecule has 0 aliphatic carbocycles. The standard InChI is InChI=1S/C17H23F9O2/c1-2-3-4-5-6-7-8-9-10-13(27)28-12-11-14(18,19)15(20,21)16(22,23)17(24,25)26/h2-3H,4-12H2,1H3. The van der Waals surface area contributed by atoms with Gasteiger partial charge < -0.3 is 4.74 Å². The van der Waals surface area contributed by atoms with Crippen LogP contribution < -0.4 is 0 Å². The first kappa shape index (κ1) is 26.6. The lowest BCUT2D eigenvalue weighted by Crippen LogP contribution is -2.61. The molecule has 0 amide bonds. The smallest absolute Gasteiger partial charge is 0.460 e. The van der Waals surface area contributed by atoms with Gasteiger partial charge in [0.2, 0.25) is 0 Å². The molecule has 0 aromatic rings. The number of allylic oxidation sites excluding steroid dienone is 2. The average Bonchev–Trinajstić information content (AvgIpc) is 2.55. The Morgan fingerprint density at radius 1 is 0.821 bits per heavy atom. The summed E-state index contributed by atoms with van der Waals surface area (Å²) >= 11 is 0. The zero-order valence-corrected chi connectivity index (χ0v) is 15.2. The summed E-state index contributed by atoms with van der Waals surface area (Å²) in [5, 5.41) is 0. The Labute approximate surface area is 157 Å². The Balaban J connectivity index is 4.27. The number of hydrogen-bond acceptors (Lipinski definition) is 2. The fourth-order valence-electron chi connectivity index (χ4n) is 2.16. The maximum atomic E-state index is 13.2. The van der Waals surface area contributed by atoms with Crippen LogP contribution in [0.4, 0.5) is 39.5 Å². The molecule has 0 aliphatic rings. The molecule has 11 heteroatoms. The second-order valence-corrected chi connectivity index (χ2v) is 6.20. The van der Waals surface area contributed by atoms with Crippen molar-refractivity contribution in [3.05, 3.63) is 12.2 Å². The number of ether oxygens (including phenoxy) is 1. The van der Waals surface area contributed by atoms with Gasteiger partial charge >= 0.3 is 29.9 Å². The van der Waals surface area contributed by atoms with Gasteiger partial charge in [-0.1, -0.05) is 31.4 Å². The van der Waals surface area contributed by atoms with Crippen molar-refractivity contribution in [2.45, 2.75) is 82.2 Å². The zero-order valence-electron chi connectivity index (χ0n) is 15.2. The molecule has 0 radical (unpaired) electrons. The van der Waals surface area contributed by atoms with Crippen LogP contribution in [0.5, 0.6) is 0 Å². The van der Waals surface area contributed by atoms with Crippen molar-refractivity contribution in [3.63, 3.8) is 0 Å². The quantitative estimate of drug-likeness (QED) is 0.141. The molecule has 0 unspecified atom stereocenters. The summed E-state index contributed by atoms with van der Waals surface area (Å²) in [5.74, 6) is -20.4. The van der Waals surface area contributed by atoms with Gasteiger partial charge in [-0.2, -0.15) is 39.5 Å². The molecule has 0 atom stereocenters. The fraction of sp³-hybridized carbons (Fsp3) is 0.824. The summed E-state index contributed by atoms with van der Waals surface area (Å²) in [6.45, 7) is 0.489. The predicted octanol–water partition coefficient (Wildman–Crippen LogP) is 6.69. The van der Waals surface area contributed by atoms with E-state index in [-0.39, 0.29) is 6.42 Å². The van der Waals surface area contributed by atoms with E-state index in [0.717, 1.165) is 25.7 Å². The van der Waals surface area contributed by atoms with E-state index in [0.29, 0.717) is 12.8 Å². The molecule has 0 rings (SSSR count). The van der Waals surface area contributed by atoms with Crippen LogP contribution in [0.3, 0.4) is 0 Å². The van der Waals surface area contributed by atoms with Crippen LogP contribution >= 0.6 is 0 Å². The third-order valence-corrected chi connectivity index (χ3v) is 3.88. The number of hydrogen-bond donors (Lipinski definition) is 0. The molecule has 0 saturated carbocycles. The van der Waals surface area contributed by atoms with Crippen LogP contribution in [0.15, 0.2) is 12.2 Å². The highest BCUT2D eigenvalue weighted by Crippen LogP contribution is 2.53. The fourth-order valence-corrected chi connectivity index (χ4v) is 2.16. The van der Waals surface area contributed by atoms with Crippen molar-refractivity contribution in [1.29, 1.82) is 0 Å². The highest BCUT2D eigenvalue weighted by molar-refractivity contribution is 5.69. The van der Waals surface area contributed by atoms with E-state index < -0.39 is 42.9 Å². The van der Waals surface area contributed by atoms with E-state index in [9.17, 15) is 44.3 Å². The molecule has 2 nitrogen and oxygen atoms in total. The molecule has 0 bridgehead atoms. The zero-order chi connectivity index (χ0) is 22.1. The Kier molecular flexibility index (Phi) is 10.4. The van der Waals surface area contributed by atoms with Gasteiger partial charge in [0, 0.05) is 6.42 Å². The SMILES string of the molecule is CC=CCCCCCCCC(=O)OCCC(F)(F)C(F)(F)C(F)(F)C(F)(F)F. The molecule has 28 heavy (non-hydrogen) atoms. The Morgan fingerprint density at radius 3 is 1.89 bits per heavy atom. The average molecular weight is 430 g/mol. The van der Waals surface area contributed by atoms with Gasteiger partial charge in [-0.3, -0.25) is 4.79 Å². The van der Waals surface area contributed by atoms with Crippen LogP contribution in [0.2, 0.25) is 0 Å². The lowest BCUT2D eigenvalue weighted by molar-refractivity contribution is -0.397. The molecular formula is C17H23F9O2. The van der Waals surface area contributed by atoms with Crippen molar-refractivity contribution in [1.82, 2.24) is 0 Å². The molecule has 0 saturated heterocycles. The number of esters is 1. The summed E-state index contributed by atoms with van der Waals surface area (Å²) in [4.78, 5) is 11.3. The van der Waals surface area contributed by atoms with Crippen molar-refractivity contribution >= 4 is 5.97 Å². The number of carbonyl (C=O) groups is 1. The maximum Gasteiger partial charge on any atom is 0.460 e. The van der Waals surface area contributed by atoms with E-state index in [4.69, 9.17) is 0 Å². The summed E-state index contributed by atoms with van der Waals surface area (Å²) in [6.07, 6.45) is -0.721. The van der Waals surface area contributed by atoms with Crippen molar-refractivity contribution in [3.8, 4) is 0 Å². The summed E-state index contributed by atoms with van der Waals surface area (Å²) in [5.41, 5.74) is 0. The molecule has 166 valence electrons. The van der Waals surface area contributed by atoms with Crippen molar-refractivity contribution < 1.29 is 49.0 Å². The van der Waals surface area contributed by atoms with Crippen molar-refractivity contribution in [2.24, 2.45) is 0 Å². The van der Waals surface area contributed by atoms with Crippen LogP contribution in [0.25, 0.3) is 0 Å². The summed E-state index contributed by atoms with van der Waals surface area (Å²) < 4.78 is 118. The van der Waals surface area contributed by atoms with E-state index in [1.807, 2.05) is 19.1 Å². The van der Waals surface area contributed by atoms with Gasteiger partial charge in [-0.15, -0.1) is 0 Å². The second kappa shape index (κ2) is 10.9. The van der Waals surface area contributed by atoms with Crippen LogP contribution in [-0.4, -0.2) is 36.5 Å². The van der Waals surface area contributed by atoms with E-state index >= 15 is 0 Å². The van der Waals surface area contributed by atoms with Gasteiger partial charge in [-0.25, -0.2) is 0 Å². The van der Waals surface area contributed by atoms with Gasteiger partial charge in [0.15, 0.2) is 0 Å². The molecule has 0 N–H and O–H groups in total. The Morgan fingerprint density at radius 2 is 1.36 bits per heavy atom. The lowest BCUT2D eigenvalue weighted by atomic mass is 10.0. The largest absolute Gasteiger partial charge is 0.465 e. The van der Waals surface area contributed by atoms with E-state index in [1.165, 1.54) is 0 Å². The van der Waals surface area contributed by atoms with Crippen LogP contribution in [0, 0.1) is 0 Å². The molecule has 0 aromatic heterocycles. The third-order valence-electron chi connectivity index (χ3n) is 3.88. The third kappa shape index (κ3) is 7.54. The maximum absolute atomic E-state index is 13.2. The highest BCUT2D eigenvalue weighted by Gasteiger charge is 2.81. The molecule has 0 spiro atoms. The molecular weight excluding hydrogens is 407 g/mol. The second-order valence-electron chi connectivity index (χ2n) is 6.20. The molecule has 0 aliphatic heterocycles. The predicted molar refractivity (Wildman–Crippen MR) is 83.6 cm³/mol. The Hall–Kier alpha value is -1.42. The van der Waals surface area contributed by atoms with Crippen LogP contribution in [-0.2, 0) is 9.53 Å². The van der Waals surface area contributed by atoms with Gasteiger partial charge in [0.25, 0.3) is 0 Å². The number of alkyl halides is 9. The van der Waals surface area contributed by atoms with E-state index in [1.54, 1.807) is 0 Å². The lowest BCUT2D eigenvalue weighted by Gasteiger charge is -2.33. The minimum Gasteiger partial charge on any atom is -0.465 e. The highest BCUT2D eigenvalue weighted by atomic mass is 19.4. The molecule has 0 fully saturated rings. The topological polar surface area (TPSA) is 26.3 Å². The van der Waals surface area contributed by atoms with Gasteiger partial charge in [-0.05, 0) is 26.2 Å². The normalized spacial score (nSPS) is 13.9.